The fourth-order valence-electron chi connectivity index (χ4n) is 1.79. The minimum atomic E-state index is 0.270. The van der Waals surface area contributed by atoms with Gasteiger partial charge in [-0.3, -0.25) is 0 Å². The highest BCUT2D eigenvalue weighted by Crippen LogP contribution is 2.25. The van der Waals surface area contributed by atoms with Gasteiger partial charge in [0.15, 0.2) is 0 Å². The van der Waals surface area contributed by atoms with E-state index in [-0.39, 0.29) is 6.04 Å². The van der Waals surface area contributed by atoms with E-state index < -0.39 is 0 Å². The van der Waals surface area contributed by atoms with Gasteiger partial charge < -0.3 is 10.1 Å². The third-order valence-electron chi connectivity index (χ3n) is 2.62. The van der Waals surface area contributed by atoms with Gasteiger partial charge in [-0.25, -0.2) is 0 Å². The van der Waals surface area contributed by atoms with Crippen LogP contribution < -0.4 is 5.32 Å². The van der Waals surface area contributed by atoms with Crippen molar-refractivity contribution in [1.82, 2.24) is 5.32 Å². The number of hydrogen-bond acceptors (Lipinski definition) is 3. The molecule has 0 bridgehead atoms. The first-order valence-corrected chi connectivity index (χ1v) is 6.60. The monoisotopic (exact) mass is 247 g/mol. The molecule has 3 heteroatoms. The van der Waals surface area contributed by atoms with Crippen molar-refractivity contribution < 1.29 is 4.74 Å². The van der Waals surface area contributed by atoms with Crippen LogP contribution in [0.25, 0.3) is 0 Å². The number of benzene rings is 1. The fourth-order valence-corrected chi connectivity index (χ4v) is 2.62. The smallest absolute Gasteiger partial charge is 0.0671 e. The van der Waals surface area contributed by atoms with Crippen molar-refractivity contribution in [3.63, 3.8) is 0 Å². The van der Waals surface area contributed by atoms with E-state index >= 15 is 0 Å². The van der Waals surface area contributed by atoms with Crippen molar-refractivity contribution in [3.05, 3.63) is 58.3 Å². The molecule has 2 aromatic rings. The minimum Gasteiger partial charge on any atom is -0.383 e. The number of rotatable bonds is 6. The molecule has 0 saturated heterocycles. The molecular formula is C14H17NOS. The zero-order chi connectivity index (χ0) is 11.9. The Bertz CT molecular complexity index is 413. The Morgan fingerprint density at radius 1 is 1.18 bits per heavy atom. The second kappa shape index (κ2) is 6.55. The SMILES string of the molecule is COCCNC(c1ccccc1)c1cccs1. The van der Waals surface area contributed by atoms with E-state index in [1.807, 2.05) is 6.07 Å². The Labute approximate surface area is 106 Å². The lowest BCUT2D eigenvalue weighted by atomic mass is 10.1. The topological polar surface area (TPSA) is 21.3 Å². The number of hydrogen-bond donors (Lipinski definition) is 1. The highest BCUT2D eigenvalue weighted by molar-refractivity contribution is 7.10. The second-order valence-corrected chi connectivity index (χ2v) is 4.79. The number of nitrogens with one attached hydrogen (secondary N) is 1. The molecule has 0 aliphatic heterocycles. The van der Waals surface area contributed by atoms with Crippen molar-refractivity contribution in [2.75, 3.05) is 20.3 Å². The minimum absolute atomic E-state index is 0.270. The second-order valence-electron chi connectivity index (χ2n) is 3.81. The normalized spacial score (nSPS) is 12.5. The van der Waals surface area contributed by atoms with Crippen molar-refractivity contribution in [2.24, 2.45) is 0 Å². The van der Waals surface area contributed by atoms with Crippen LogP contribution in [0.15, 0.2) is 47.8 Å². The van der Waals surface area contributed by atoms with E-state index in [1.54, 1.807) is 18.4 Å². The summed E-state index contributed by atoms with van der Waals surface area (Å²) in [6.07, 6.45) is 0. The Morgan fingerprint density at radius 3 is 2.65 bits per heavy atom. The van der Waals surface area contributed by atoms with E-state index in [9.17, 15) is 0 Å². The van der Waals surface area contributed by atoms with E-state index in [0.717, 1.165) is 13.2 Å². The summed E-state index contributed by atoms with van der Waals surface area (Å²) in [6.45, 7) is 1.59. The summed E-state index contributed by atoms with van der Waals surface area (Å²) in [5.74, 6) is 0. The maximum Gasteiger partial charge on any atom is 0.0671 e. The zero-order valence-corrected chi connectivity index (χ0v) is 10.7. The third-order valence-corrected chi connectivity index (χ3v) is 3.55. The average Bonchev–Trinajstić information content (AvgIpc) is 2.89. The summed E-state index contributed by atoms with van der Waals surface area (Å²) in [6, 6.07) is 15.0. The van der Waals surface area contributed by atoms with Gasteiger partial charge in [-0.2, -0.15) is 0 Å². The predicted molar refractivity (Wildman–Crippen MR) is 72.5 cm³/mol. The lowest BCUT2D eigenvalue weighted by Crippen LogP contribution is -2.25. The summed E-state index contributed by atoms with van der Waals surface area (Å²) in [5, 5.41) is 5.64. The van der Waals surface area contributed by atoms with Gasteiger partial charge in [-0.05, 0) is 17.0 Å². The van der Waals surface area contributed by atoms with Gasteiger partial charge in [0, 0.05) is 18.5 Å². The molecule has 1 unspecified atom stereocenters. The van der Waals surface area contributed by atoms with Gasteiger partial charge in [0.2, 0.25) is 0 Å². The van der Waals surface area contributed by atoms with E-state index in [0.29, 0.717) is 0 Å². The molecular weight excluding hydrogens is 230 g/mol. The molecule has 0 aliphatic carbocycles. The van der Waals surface area contributed by atoms with Gasteiger partial charge in [0.1, 0.15) is 0 Å². The van der Waals surface area contributed by atoms with E-state index in [1.165, 1.54) is 10.4 Å². The van der Waals surface area contributed by atoms with Crippen LogP contribution in [0.5, 0.6) is 0 Å². The Kier molecular flexibility index (Phi) is 4.74. The summed E-state index contributed by atoms with van der Waals surface area (Å²) in [5.41, 5.74) is 1.30. The first-order chi connectivity index (χ1) is 8.42. The van der Waals surface area contributed by atoms with Gasteiger partial charge >= 0.3 is 0 Å². The quantitative estimate of drug-likeness (QED) is 0.792. The Hall–Kier alpha value is -1.16. The largest absolute Gasteiger partial charge is 0.383 e. The van der Waals surface area contributed by atoms with Crippen LogP contribution in [0.1, 0.15) is 16.5 Å². The van der Waals surface area contributed by atoms with Crippen molar-refractivity contribution in [1.29, 1.82) is 0 Å². The molecule has 0 spiro atoms. The lowest BCUT2D eigenvalue weighted by Gasteiger charge is -2.17. The molecule has 0 amide bonds. The van der Waals surface area contributed by atoms with Crippen molar-refractivity contribution in [2.45, 2.75) is 6.04 Å². The van der Waals surface area contributed by atoms with Crippen LogP contribution in [0.2, 0.25) is 0 Å². The number of methoxy groups -OCH3 is 1. The first kappa shape index (κ1) is 12.3. The zero-order valence-electron chi connectivity index (χ0n) is 9.93. The molecule has 0 aliphatic rings. The summed E-state index contributed by atoms with van der Waals surface area (Å²) in [7, 11) is 1.73. The van der Waals surface area contributed by atoms with Crippen LogP contribution in [0.3, 0.4) is 0 Å². The molecule has 1 N–H and O–H groups in total. The van der Waals surface area contributed by atoms with Gasteiger partial charge in [-0.1, -0.05) is 36.4 Å². The molecule has 1 heterocycles. The van der Waals surface area contributed by atoms with Crippen LogP contribution >= 0.6 is 11.3 Å². The molecule has 0 saturated carbocycles. The maximum atomic E-state index is 5.09. The first-order valence-electron chi connectivity index (χ1n) is 5.72. The maximum absolute atomic E-state index is 5.09. The summed E-state index contributed by atoms with van der Waals surface area (Å²) in [4.78, 5) is 1.34. The highest BCUT2D eigenvalue weighted by Gasteiger charge is 2.13. The predicted octanol–water partition coefficient (Wildman–Crippen LogP) is 3.07. The Balaban J connectivity index is 2.13. The lowest BCUT2D eigenvalue weighted by molar-refractivity contribution is 0.197. The molecule has 1 aromatic heterocycles. The highest BCUT2D eigenvalue weighted by atomic mass is 32.1. The number of ether oxygens (including phenoxy) is 1. The molecule has 1 atom stereocenters. The third kappa shape index (κ3) is 3.40. The van der Waals surface area contributed by atoms with Crippen LogP contribution in [-0.2, 0) is 4.74 Å². The van der Waals surface area contributed by atoms with E-state index in [4.69, 9.17) is 4.74 Å². The van der Waals surface area contributed by atoms with Crippen LogP contribution in [-0.4, -0.2) is 20.3 Å². The standard InChI is InChI=1S/C14H17NOS/c1-16-10-9-15-14(13-8-5-11-17-13)12-6-3-2-4-7-12/h2-8,11,14-15H,9-10H2,1H3. The fraction of sp³-hybridized carbons (Fsp3) is 0.286. The van der Waals surface area contributed by atoms with Crippen LogP contribution in [0.4, 0.5) is 0 Å². The van der Waals surface area contributed by atoms with Gasteiger partial charge in [0.05, 0.1) is 12.6 Å². The van der Waals surface area contributed by atoms with Crippen LogP contribution in [0, 0.1) is 0 Å². The molecule has 90 valence electrons. The average molecular weight is 247 g/mol. The molecule has 1 aromatic carbocycles. The van der Waals surface area contributed by atoms with Gasteiger partial charge in [0.25, 0.3) is 0 Å². The molecule has 0 radical (unpaired) electrons. The number of thiophene rings is 1. The van der Waals surface area contributed by atoms with Crippen molar-refractivity contribution in [3.8, 4) is 0 Å². The summed E-state index contributed by atoms with van der Waals surface area (Å²) >= 11 is 1.78. The molecule has 2 nitrogen and oxygen atoms in total. The van der Waals surface area contributed by atoms with E-state index in [2.05, 4.69) is 47.1 Å². The molecule has 17 heavy (non-hydrogen) atoms. The Morgan fingerprint density at radius 2 is 2.00 bits per heavy atom. The molecule has 2 rings (SSSR count). The molecule has 0 fully saturated rings. The summed E-state index contributed by atoms with van der Waals surface area (Å²) < 4.78 is 5.09. The van der Waals surface area contributed by atoms with Gasteiger partial charge in [-0.15, -0.1) is 11.3 Å². The van der Waals surface area contributed by atoms with Crippen molar-refractivity contribution >= 4 is 11.3 Å².